The molecule has 1 aromatic heterocycles. The molecule has 2 aromatic rings. The molecule has 0 spiro atoms. The lowest BCUT2D eigenvalue weighted by molar-refractivity contribution is -0.134. The first kappa shape index (κ1) is 16.7. The topological polar surface area (TPSA) is 77.3 Å². The molecule has 138 valence electrons. The maximum Gasteiger partial charge on any atom is 0.236 e. The number of piperazine rings is 1. The van der Waals surface area contributed by atoms with Crippen LogP contribution in [0.1, 0.15) is 11.5 Å². The average Bonchev–Trinajstić information content (AvgIpc) is 3.24. The van der Waals surface area contributed by atoms with E-state index < -0.39 is 0 Å². The third kappa shape index (κ3) is 2.96. The Morgan fingerprint density at radius 3 is 2.88 bits per heavy atom. The smallest absolute Gasteiger partial charge is 0.236 e. The van der Waals surface area contributed by atoms with Crippen LogP contribution < -0.4 is 14.2 Å². The Morgan fingerprint density at radius 2 is 2.12 bits per heavy atom. The third-order valence-electron chi connectivity index (χ3n) is 4.71. The second-order valence-electron chi connectivity index (χ2n) is 6.46. The van der Waals surface area contributed by atoms with Gasteiger partial charge in [-0.2, -0.15) is 0 Å². The highest BCUT2D eigenvalue weighted by molar-refractivity contribution is 5.78. The van der Waals surface area contributed by atoms with Crippen LogP contribution in [0.5, 0.6) is 17.2 Å². The summed E-state index contributed by atoms with van der Waals surface area (Å²) >= 11 is 0. The molecule has 2 aliphatic heterocycles. The zero-order valence-corrected chi connectivity index (χ0v) is 15.1. The van der Waals surface area contributed by atoms with Crippen molar-refractivity contribution < 1.29 is 23.4 Å². The van der Waals surface area contributed by atoms with Crippen LogP contribution in [0.15, 0.2) is 16.5 Å². The van der Waals surface area contributed by atoms with Crippen LogP contribution in [-0.2, 0) is 11.3 Å². The van der Waals surface area contributed by atoms with Crippen molar-refractivity contribution in [3.8, 4) is 28.7 Å². The quantitative estimate of drug-likeness (QED) is 0.822. The lowest BCUT2D eigenvalue weighted by Gasteiger charge is -2.31. The first-order valence-electron chi connectivity index (χ1n) is 8.46. The molecule has 0 unspecified atom stereocenters. The van der Waals surface area contributed by atoms with Crippen molar-refractivity contribution in [2.75, 3.05) is 40.6 Å². The zero-order chi connectivity index (χ0) is 18.3. The average molecular weight is 359 g/mol. The van der Waals surface area contributed by atoms with Crippen molar-refractivity contribution >= 4 is 5.91 Å². The monoisotopic (exact) mass is 359 g/mol. The van der Waals surface area contributed by atoms with Gasteiger partial charge in [0, 0.05) is 32.2 Å². The van der Waals surface area contributed by atoms with Gasteiger partial charge in [-0.3, -0.25) is 9.69 Å². The minimum Gasteiger partial charge on any atom is -0.493 e. The number of likely N-dealkylation sites (N-methyl/N-ethyl adjacent to an activating group) is 1. The van der Waals surface area contributed by atoms with Crippen molar-refractivity contribution in [3.05, 3.63) is 23.6 Å². The summed E-state index contributed by atoms with van der Waals surface area (Å²) in [6.07, 6.45) is 0. The summed E-state index contributed by atoms with van der Waals surface area (Å²) < 4.78 is 22.1. The minimum absolute atomic E-state index is 0.123. The predicted molar refractivity (Wildman–Crippen MR) is 92.3 cm³/mol. The lowest BCUT2D eigenvalue weighted by Crippen LogP contribution is -2.48. The maximum atomic E-state index is 11.9. The Labute approximate surface area is 151 Å². The van der Waals surface area contributed by atoms with Gasteiger partial charge in [-0.15, -0.1) is 0 Å². The van der Waals surface area contributed by atoms with Crippen LogP contribution in [0.3, 0.4) is 0 Å². The van der Waals surface area contributed by atoms with Crippen LogP contribution in [0, 0.1) is 6.92 Å². The van der Waals surface area contributed by atoms with Gasteiger partial charge in [0.1, 0.15) is 5.76 Å². The molecule has 3 heterocycles. The highest BCUT2D eigenvalue weighted by atomic mass is 16.7. The molecule has 0 radical (unpaired) electrons. The minimum atomic E-state index is 0.123. The number of hydrogen-bond donors (Lipinski definition) is 0. The summed E-state index contributed by atoms with van der Waals surface area (Å²) in [5, 5.41) is 0. The molecule has 4 rings (SSSR count). The summed E-state index contributed by atoms with van der Waals surface area (Å²) in [5.41, 5.74) is 1.59. The van der Waals surface area contributed by atoms with Gasteiger partial charge in [-0.05, 0) is 19.1 Å². The van der Waals surface area contributed by atoms with E-state index in [1.54, 1.807) is 12.0 Å². The number of ether oxygens (including phenoxy) is 3. The summed E-state index contributed by atoms with van der Waals surface area (Å²) in [4.78, 5) is 20.3. The molecule has 26 heavy (non-hydrogen) atoms. The number of aromatic nitrogens is 1. The molecule has 1 amide bonds. The van der Waals surface area contributed by atoms with Gasteiger partial charge >= 0.3 is 0 Å². The van der Waals surface area contributed by atoms with Gasteiger partial charge in [0.15, 0.2) is 11.5 Å². The van der Waals surface area contributed by atoms with E-state index in [9.17, 15) is 4.79 Å². The van der Waals surface area contributed by atoms with Gasteiger partial charge in [0.2, 0.25) is 24.3 Å². The summed E-state index contributed by atoms with van der Waals surface area (Å²) in [6, 6.07) is 3.65. The number of hydrogen-bond acceptors (Lipinski definition) is 7. The SMILES string of the molecule is COc1cc(-c2nc(CN3CCN(C)C(=O)C3)c(C)o2)cc2c1OCO2. The largest absolute Gasteiger partial charge is 0.493 e. The van der Waals surface area contributed by atoms with Crippen molar-refractivity contribution in [1.29, 1.82) is 0 Å². The number of oxazole rings is 1. The molecule has 1 saturated heterocycles. The van der Waals surface area contributed by atoms with Gasteiger partial charge in [-0.1, -0.05) is 0 Å². The van der Waals surface area contributed by atoms with E-state index in [1.807, 2.05) is 26.1 Å². The van der Waals surface area contributed by atoms with E-state index in [1.165, 1.54) is 0 Å². The molecule has 0 atom stereocenters. The number of rotatable bonds is 4. The van der Waals surface area contributed by atoms with Gasteiger partial charge in [0.05, 0.1) is 19.3 Å². The van der Waals surface area contributed by atoms with Crippen LogP contribution in [0.2, 0.25) is 0 Å². The molecule has 0 aliphatic carbocycles. The standard InChI is InChI=1S/C18H21N3O5/c1-11-13(8-21-5-4-20(2)16(22)9-21)19-18(26-11)12-6-14(23-3)17-15(7-12)24-10-25-17/h6-7H,4-5,8-10H2,1-3H3. The van der Waals surface area contributed by atoms with E-state index in [2.05, 4.69) is 9.88 Å². The molecule has 2 aliphatic rings. The fourth-order valence-corrected chi connectivity index (χ4v) is 3.11. The number of methoxy groups -OCH3 is 1. The van der Waals surface area contributed by atoms with Crippen LogP contribution in [0.25, 0.3) is 11.5 Å². The van der Waals surface area contributed by atoms with Crippen molar-refractivity contribution in [2.45, 2.75) is 13.5 Å². The lowest BCUT2D eigenvalue weighted by atomic mass is 10.2. The number of carbonyl (C=O) groups is 1. The number of carbonyl (C=O) groups excluding carboxylic acids is 1. The van der Waals surface area contributed by atoms with E-state index in [0.717, 1.165) is 30.1 Å². The highest BCUT2D eigenvalue weighted by Crippen LogP contribution is 2.44. The van der Waals surface area contributed by atoms with E-state index >= 15 is 0 Å². The van der Waals surface area contributed by atoms with Gasteiger partial charge in [0.25, 0.3) is 0 Å². The van der Waals surface area contributed by atoms with Gasteiger partial charge < -0.3 is 23.5 Å². The predicted octanol–water partition coefficient (Wildman–Crippen LogP) is 1.66. The molecule has 8 nitrogen and oxygen atoms in total. The second-order valence-corrected chi connectivity index (χ2v) is 6.46. The number of nitrogens with zero attached hydrogens (tertiary/aromatic N) is 3. The molecular weight excluding hydrogens is 338 g/mol. The Morgan fingerprint density at radius 1 is 1.27 bits per heavy atom. The first-order valence-corrected chi connectivity index (χ1v) is 8.46. The highest BCUT2D eigenvalue weighted by Gasteiger charge is 2.25. The molecule has 1 fully saturated rings. The summed E-state index contributed by atoms with van der Waals surface area (Å²) in [7, 11) is 3.41. The number of aryl methyl sites for hydroxylation is 1. The number of fused-ring (bicyclic) bond motifs is 1. The first-order chi connectivity index (χ1) is 12.5. The van der Waals surface area contributed by atoms with E-state index in [-0.39, 0.29) is 12.7 Å². The van der Waals surface area contributed by atoms with Gasteiger partial charge in [-0.25, -0.2) is 4.98 Å². The van der Waals surface area contributed by atoms with E-state index in [0.29, 0.717) is 36.2 Å². The molecule has 0 bridgehead atoms. The van der Waals surface area contributed by atoms with Crippen LogP contribution in [-0.4, -0.2) is 61.3 Å². The molecular formula is C18H21N3O5. The Kier molecular flexibility index (Phi) is 4.20. The fourth-order valence-electron chi connectivity index (χ4n) is 3.11. The molecule has 1 aromatic carbocycles. The molecule has 8 heteroatoms. The number of benzene rings is 1. The molecule has 0 N–H and O–H groups in total. The summed E-state index contributed by atoms with van der Waals surface area (Å²) in [6.45, 7) is 4.58. The number of amides is 1. The van der Waals surface area contributed by atoms with E-state index in [4.69, 9.17) is 18.6 Å². The third-order valence-corrected chi connectivity index (χ3v) is 4.71. The Balaban J connectivity index is 1.58. The Bertz CT molecular complexity index is 848. The van der Waals surface area contributed by atoms with Crippen LogP contribution >= 0.6 is 0 Å². The maximum absolute atomic E-state index is 11.9. The van der Waals surface area contributed by atoms with Crippen molar-refractivity contribution in [1.82, 2.24) is 14.8 Å². The van der Waals surface area contributed by atoms with Crippen LogP contribution in [0.4, 0.5) is 0 Å². The Hall–Kier alpha value is -2.74. The van der Waals surface area contributed by atoms with Crippen molar-refractivity contribution in [2.24, 2.45) is 0 Å². The summed E-state index contributed by atoms with van der Waals surface area (Å²) in [5.74, 6) is 3.14. The zero-order valence-electron chi connectivity index (χ0n) is 15.1. The normalized spacial score (nSPS) is 17.0. The molecule has 0 saturated carbocycles. The van der Waals surface area contributed by atoms with Crippen molar-refractivity contribution in [3.63, 3.8) is 0 Å². The second kappa shape index (κ2) is 6.53. The fraction of sp³-hybridized carbons (Fsp3) is 0.444.